The number of rotatable bonds is 5. The Hall–Kier alpha value is -3.00. The number of hydrogen-bond donors (Lipinski definition) is 0. The molecule has 0 aliphatic carbocycles. The maximum atomic E-state index is 12.7. The van der Waals surface area contributed by atoms with Gasteiger partial charge in [0, 0.05) is 23.1 Å². The second kappa shape index (κ2) is 8.16. The molecule has 3 rings (SSSR count). The van der Waals surface area contributed by atoms with Crippen LogP contribution in [0.3, 0.4) is 0 Å². The molecule has 1 fully saturated rings. The summed E-state index contributed by atoms with van der Waals surface area (Å²) in [7, 11) is 2.84. The SMILES string of the molecule is COC(=O)[C@H](C)N1C(=O)S/C(=C\c2cc(C)n(-c3cccc(OC)c3)c2C)C1=O. The predicted molar refractivity (Wildman–Crippen MR) is 111 cm³/mol. The van der Waals surface area contributed by atoms with Gasteiger partial charge in [0.1, 0.15) is 11.8 Å². The molecule has 2 heterocycles. The zero-order chi connectivity index (χ0) is 21.3. The number of ether oxygens (including phenoxy) is 2. The molecule has 0 saturated carbocycles. The summed E-state index contributed by atoms with van der Waals surface area (Å²) < 4.78 is 12.0. The Labute approximate surface area is 173 Å². The van der Waals surface area contributed by atoms with Gasteiger partial charge in [-0.25, -0.2) is 4.79 Å². The molecule has 8 heteroatoms. The number of aromatic nitrogens is 1. The highest BCUT2D eigenvalue weighted by molar-refractivity contribution is 8.18. The van der Waals surface area contributed by atoms with E-state index in [1.807, 2.05) is 44.2 Å². The molecule has 1 aliphatic rings. The monoisotopic (exact) mass is 414 g/mol. The van der Waals surface area contributed by atoms with E-state index >= 15 is 0 Å². The molecule has 0 spiro atoms. The summed E-state index contributed by atoms with van der Waals surface area (Å²) >= 11 is 0.820. The molecule has 0 unspecified atom stereocenters. The molecule has 0 N–H and O–H groups in total. The van der Waals surface area contributed by atoms with Gasteiger partial charge in [-0.2, -0.15) is 0 Å². The number of hydrogen-bond acceptors (Lipinski definition) is 6. The van der Waals surface area contributed by atoms with E-state index in [9.17, 15) is 14.4 Å². The number of methoxy groups -OCH3 is 2. The van der Waals surface area contributed by atoms with Crippen molar-refractivity contribution in [2.24, 2.45) is 0 Å². The third kappa shape index (κ3) is 3.80. The van der Waals surface area contributed by atoms with Crippen LogP contribution in [0.15, 0.2) is 35.2 Å². The van der Waals surface area contributed by atoms with Crippen molar-refractivity contribution in [3.05, 3.63) is 52.2 Å². The van der Waals surface area contributed by atoms with Gasteiger partial charge < -0.3 is 14.0 Å². The third-order valence-electron chi connectivity index (χ3n) is 4.82. The lowest BCUT2D eigenvalue weighted by atomic mass is 10.2. The van der Waals surface area contributed by atoms with Gasteiger partial charge in [-0.15, -0.1) is 0 Å². The predicted octanol–water partition coefficient (Wildman–Crippen LogP) is 3.70. The van der Waals surface area contributed by atoms with Crippen LogP contribution < -0.4 is 4.74 Å². The first-order chi connectivity index (χ1) is 13.8. The van der Waals surface area contributed by atoms with Gasteiger partial charge in [0.2, 0.25) is 0 Å². The van der Waals surface area contributed by atoms with Gasteiger partial charge >= 0.3 is 5.97 Å². The van der Waals surface area contributed by atoms with Crippen molar-refractivity contribution in [1.82, 2.24) is 9.47 Å². The first-order valence-electron chi connectivity index (χ1n) is 8.96. The zero-order valence-corrected chi connectivity index (χ0v) is 17.7. The number of carbonyl (C=O) groups is 3. The lowest BCUT2D eigenvalue weighted by Gasteiger charge is -2.18. The Morgan fingerprint density at radius 2 is 1.90 bits per heavy atom. The van der Waals surface area contributed by atoms with Crippen LogP contribution in [-0.2, 0) is 14.3 Å². The summed E-state index contributed by atoms with van der Waals surface area (Å²) in [5.74, 6) is -0.386. The first kappa shape index (κ1) is 20.7. The minimum absolute atomic E-state index is 0.275. The normalized spacial score (nSPS) is 16.4. The van der Waals surface area contributed by atoms with Crippen molar-refractivity contribution in [2.45, 2.75) is 26.8 Å². The van der Waals surface area contributed by atoms with Gasteiger partial charge in [0.05, 0.1) is 19.1 Å². The highest BCUT2D eigenvalue weighted by atomic mass is 32.2. The van der Waals surface area contributed by atoms with Crippen molar-refractivity contribution in [3.8, 4) is 11.4 Å². The van der Waals surface area contributed by atoms with Gasteiger partial charge in [0.15, 0.2) is 0 Å². The molecule has 1 aromatic heterocycles. The van der Waals surface area contributed by atoms with E-state index in [4.69, 9.17) is 4.74 Å². The fourth-order valence-electron chi connectivity index (χ4n) is 3.31. The number of amides is 2. The van der Waals surface area contributed by atoms with Crippen LogP contribution in [0.25, 0.3) is 11.8 Å². The van der Waals surface area contributed by atoms with E-state index in [1.165, 1.54) is 14.0 Å². The Balaban J connectivity index is 1.97. The van der Waals surface area contributed by atoms with Crippen molar-refractivity contribution in [1.29, 1.82) is 0 Å². The summed E-state index contributed by atoms with van der Waals surface area (Å²) in [6.07, 6.45) is 1.69. The smallest absolute Gasteiger partial charge is 0.328 e. The second-order valence-electron chi connectivity index (χ2n) is 6.61. The number of imide groups is 1. The maximum Gasteiger partial charge on any atom is 0.328 e. The number of esters is 1. The molecule has 1 atom stereocenters. The summed E-state index contributed by atoms with van der Waals surface area (Å²) in [6, 6.07) is 8.66. The fraction of sp³-hybridized carbons (Fsp3) is 0.286. The van der Waals surface area contributed by atoms with Crippen LogP contribution in [0.4, 0.5) is 4.79 Å². The van der Waals surface area contributed by atoms with Crippen LogP contribution in [0, 0.1) is 13.8 Å². The van der Waals surface area contributed by atoms with Gasteiger partial charge in [-0.1, -0.05) is 6.07 Å². The van der Waals surface area contributed by atoms with E-state index in [1.54, 1.807) is 13.2 Å². The zero-order valence-electron chi connectivity index (χ0n) is 16.9. The molecule has 1 saturated heterocycles. The maximum absolute atomic E-state index is 12.7. The Kier molecular flexibility index (Phi) is 5.83. The van der Waals surface area contributed by atoms with Crippen molar-refractivity contribution in [2.75, 3.05) is 14.2 Å². The molecular formula is C21H22N2O5S. The largest absolute Gasteiger partial charge is 0.497 e. The van der Waals surface area contributed by atoms with E-state index in [2.05, 4.69) is 9.30 Å². The number of benzene rings is 1. The van der Waals surface area contributed by atoms with Crippen LogP contribution in [-0.4, -0.2) is 46.8 Å². The Morgan fingerprint density at radius 3 is 2.55 bits per heavy atom. The van der Waals surface area contributed by atoms with E-state index in [0.717, 1.165) is 45.1 Å². The first-order valence-corrected chi connectivity index (χ1v) is 9.78. The lowest BCUT2D eigenvalue weighted by molar-refractivity contribution is -0.148. The number of carbonyl (C=O) groups excluding carboxylic acids is 3. The molecule has 29 heavy (non-hydrogen) atoms. The van der Waals surface area contributed by atoms with Gasteiger partial charge in [-0.3, -0.25) is 14.5 Å². The molecule has 152 valence electrons. The molecule has 1 aromatic carbocycles. The standard InChI is InChI=1S/C21H22N2O5S/c1-12-9-15(13(2)22(12)16-7-6-8-17(11-16)27-4)10-18-19(24)23(21(26)29-18)14(3)20(25)28-5/h6-11,14H,1-5H3/b18-10-/t14-/m0/s1. The number of nitrogens with zero attached hydrogens (tertiary/aromatic N) is 2. The molecule has 7 nitrogen and oxygen atoms in total. The fourth-order valence-corrected chi connectivity index (χ4v) is 4.21. The molecule has 0 radical (unpaired) electrons. The molecular weight excluding hydrogens is 392 g/mol. The summed E-state index contributed by atoms with van der Waals surface area (Å²) in [5, 5.41) is -0.485. The summed E-state index contributed by atoms with van der Waals surface area (Å²) in [6.45, 7) is 5.38. The third-order valence-corrected chi connectivity index (χ3v) is 5.71. The van der Waals surface area contributed by atoms with Crippen LogP contribution in [0.2, 0.25) is 0 Å². The van der Waals surface area contributed by atoms with Crippen molar-refractivity contribution >= 4 is 35.0 Å². The highest BCUT2D eigenvalue weighted by Gasteiger charge is 2.41. The molecule has 0 bridgehead atoms. The van der Waals surface area contributed by atoms with E-state index < -0.39 is 23.2 Å². The van der Waals surface area contributed by atoms with Gasteiger partial charge in [-0.05, 0) is 62.4 Å². The quantitative estimate of drug-likeness (QED) is 0.548. The van der Waals surface area contributed by atoms with Crippen LogP contribution >= 0.6 is 11.8 Å². The molecule has 2 aromatic rings. The minimum atomic E-state index is -0.970. The van der Waals surface area contributed by atoms with Crippen LogP contribution in [0.5, 0.6) is 5.75 Å². The summed E-state index contributed by atoms with van der Waals surface area (Å²) in [5.41, 5.74) is 3.65. The Bertz CT molecular complexity index is 1020. The van der Waals surface area contributed by atoms with Crippen molar-refractivity contribution < 1.29 is 23.9 Å². The van der Waals surface area contributed by atoms with E-state index in [-0.39, 0.29) is 4.91 Å². The highest BCUT2D eigenvalue weighted by Crippen LogP contribution is 2.35. The number of thioether (sulfide) groups is 1. The van der Waals surface area contributed by atoms with Crippen LogP contribution in [0.1, 0.15) is 23.9 Å². The average molecular weight is 414 g/mol. The average Bonchev–Trinajstić information content (AvgIpc) is 3.15. The minimum Gasteiger partial charge on any atom is -0.497 e. The number of aryl methyl sites for hydroxylation is 1. The van der Waals surface area contributed by atoms with Gasteiger partial charge in [0.25, 0.3) is 11.1 Å². The Morgan fingerprint density at radius 1 is 1.17 bits per heavy atom. The molecule has 2 amide bonds. The molecule has 1 aliphatic heterocycles. The van der Waals surface area contributed by atoms with E-state index in [0.29, 0.717) is 0 Å². The lowest BCUT2D eigenvalue weighted by Crippen LogP contribution is -2.42. The second-order valence-corrected chi connectivity index (χ2v) is 7.61. The summed E-state index contributed by atoms with van der Waals surface area (Å²) in [4.78, 5) is 38.0. The van der Waals surface area contributed by atoms with Crippen molar-refractivity contribution in [3.63, 3.8) is 0 Å². The topological polar surface area (TPSA) is 77.8 Å².